The smallest absolute Gasteiger partial charge is 0.241 e. The van der Waals surface area contributed by atoms with Gasteiger partial charge in [0.15, 0.2) is 0 Å². The van der Waals surface area contributed by atoms with E-state index in [4.69, 9.17) is 5.73 Å². The summed E-state index contributed by atoms with van der Waals surface area (Å²) in [6.07, 6.45) is 4.13. The maximum absolute atomic E-state index is 12.0. The first-order chi connectivity index (χ1) is 9.11. The second kappa shape index (κ2) is 5.75. The zero-order chi connectivity index (χ0) is 13.8. The van der Waals surface area contributed by atoms with Crippen LogP contribution in [0.25, 0.3) is 11.0 Å². The number of carbonyl (C=O) groups is 1. The average molecular weight is 258 g/mol. The van der Waals surface area contributed by atoms with E-state index in [9.17, 15) is 4.79 Å². The van der Waals surface area contributed by atoms with Crippen LogP contribution in [0.4, 0.5) is 5.69 Å². The molecule has 100 valence electrons. The number of rotatable bonds is 4. The maximum atomic E-state index is 12.0. The fourth-order valence-corrected chi connectivity index (χ4v) is 1.78. The Labute approximate surface area is 112 Å². The van der Waals surface area contributed by atoms with E-state index in [2.05, 4.69) is 15.3 Å². The SMILES string of the molecule is CCC(C)[C@H](N)C(=O)Nc1ccc2nccnc2c1. The minimum absolute atomic E-state index is 0.153. The van der Waals surface area contributed by atoms with Crippen LogP contribution in [-0.4, -0.2) is 21.9 Å². The minimum Gasteiger partial charge on any atom is -0.325 e. The molecule has 1 heterocycles. The van der Waals surface area contributed by atoms with Crippen LogP contribution in [0.1, 0.15) is 20.3 Å². The van der Waals surface area contributed by atoms with Gasteiger partial charge in [0.2, 0.25) is 5.91 Å². The van der Waals surface area contributed by atoms with Gasteiger partial charge in [0, 0.05) is 18.1 Å². The van der Waals surface area contributed by atoms with Gasteiger partial charge in [-0.3, -0.25) is 14.8 Å². The highest BCUT2D eigenvalue weighted by Crippen LogP contribution is 2.16. The Balaban J connectivity index is 2.15. The van der Waals surface area contributed by atoms with Gasteiger partial charge in [0.25, 0.3) is 0 Å². The monoisotopic (exact) mass is 258 g/mol. The van der Waals surface area contributed by atoms with Crippen molar-refractivity contribution in [2.75, 3.05) is 5.32 Å². The van der Waals surface area contributed by atoms with E-state index < -0.39 is 6.04 Å². The van der Waals surface area contributed by atoms with E-state index in [0.717, 1.165) is 17.5 Å². The van der Waals surface area contributed by atoms with Crippen molar-refractivity contribution in [3.8, 4) is 0 Å². The van der Waals surface area contributed by atoms with Crippen LogP contribution in [0.5, 0.6) is 0 Å². The lowest BCUT2D eigenvalue weighted by molar-refractivity contribution is -0.118. The summed E-state index contributed by atoms with van der Waals surface area (Å²) in [6, 6.07) is 4.93. The lowest BCUT2D eigenvalue weighted by Gasteiger charge is -2.17. The van der Waals surface area contributed by atoms with Gasteiger partial charge >= 0.3 is 0 Å². The summed E-state index contributed by atoms with van der Waals surface area (Å²) in [5.74, 6) is -0.0159. The number of nitrogens with zero attached hydrogens (tertiary/aromatic N) is 2. The predicted octanol–water partition coefficient (Wildman–Crippen LogP) is 1.94. The lowest BCUT2D eigenvalue weighted by atomic mass is 9.99. The molecule has 5 nitrogen and oxygen atoms in total. The van der Waals surface area contributed by atoms with Crippen LogP contribution >= 0.6 is 0 Å². The third kappa shape index (κ3) is 3.06. The second-order valence-corrected chi connectivity index (χ2v) is 4.66. The van der Waals surface area contributed by atoms with Crippen molar-refractivity contribution in [2.24, 2.45) is 11.7 Å². The van der Waals surface area contributed by atoms with Gasteiger partial charge in [0.05, 0.1) is 17.1 Å². The molecule has 0 spiro atoms. The van der Waals surface area contributed by atoms with E-state index in [-0.39, 0.29) is 11.8 Å². The van der Waals surface area contributed by atoms with Gasteiger partial charge in [-0.25, -0.2) is 0 Å². The highest BCUT2D eigenvalue weighted by molar-refractivity contribution is 5.96. The molecule has 0 bridgehead atoms. The summed E-state index contributed by atoms with van der Waals surface area (Å²) >= 11 is 0. The molecule has 5 heteroatoms. The van der Waals surface area contributed by atoms with E-state index >= 15 is 0 Å². The topological polar surface area (TPSA) is 80.9 Å². The molecule has 1 aromatic heterocycles. The number of carbonyl (C=O) groups excluding carboxylic acids is 1. The first kappa shape index (κ1) is 13.4. The average Bonchev–Trinajstić information content (AvgIpc) is 2.45. The van der Waals surface area contributed by atoms with Crippen LogP contribution in [-0.2, 0) is 4.79 Å². The van der Waals surface area contributed by atoms with Crippen molar-refractivity contribution in [2.45, 2.75) is 26.3 Å². The molecular formula is C14H18N4O. The number of nitrogens with one attached hydrogen (secondary N) is 1. The molecule has 0 saturated heterocycles. The van der Waals surface area contributed by atoms with Gasteiger partial charge in [-0.2, -0.15) is 0 Å². The van der Waals surface area contributed by atoms with E-state index in [1.54, 1.807) is 24.5 Å². The molecule has 2 aromatic rings. The molecule has 1 amide bonds. The molecule has 0 aliphatic heterocycles. The summed E-state index contributed by atoms with van der Waals surface area (Å²) in [5, 5.41) is 2.82. The standard InChI is InChI=1S/C14H18N4O/c1-3-9(2)13(15)14(19)18-10-4-5-11-12(8-10)17-7-6-16-11/h4-9,13H,3,15H2,1-2H3,(H,18,19)/t9?,13-/m0/s1. The molecule has 0 radical (unpaired) electrons. The summed E-state index contributed by atoms with van der Waals surface area (Å²) in [4.78, 5) is 20.4. The van der Waals surface area contributed by atoms with Gasteiger partial charge in [-0.15, -0.1) is 0 Å². The number of nitrogens with two attached hydrogens (primary N) is 1. The zero-order valence-corrected chi connectivity index (χ0v) is 11.1. The van der Waals surface area contributed by atoms with E-state index in [1.165, 1.54) is 0 Å². The summed E-state index contributed by atoms with van der Waals surface area (Å²) in [7, 11) is 0. The van der Waals surface area contributed by atoms with E-state index in [0.29, 0.717) is 5.69 Å². The number of anilines is 1. The third-order valence-electron chi connectivity index (χ3n) is 3.30. The maximum Gasteiger partial charge on any atom is 0.241 e. The normalized spacial score (nSPS) is 14.1. The quantitative estimate of drug-likeness (QED) is 0.878. The fraction of sp³-hybridized carbons (Fsp3) is 0.357. The van der Waals surface area contributed by atoms with Gasteiger partial charge in [0.1, 0.15) is 0 Å². The summed E-state index contributed by atoms with van der Waals surface area (Å²) < 4.78 is 0. The molecule has 0 fully saturated rings. The first-order valence-corrected chi connectivity index (χ1v) is 6.39. The van der Waals surface area contributed by atoms with Crippen LogP contribution in [0.3, 0.4) is 0 Å². The number of hydrogen-bond donors (Lipinski definition) is 2. The largest absolute Gasteiger partial charge is 0.325 e. The number of aromatic nitrogens is 2. The number of hydrogen-bond acceptors (Lipinski definition) is 4. The Morgan fingerprint density at radius 1 is 1.32 bits per heavy atom. The van der Waals surface area contributed by atoms with E-state index in [1.807, 2.05) is 19.9 Å². The second-order valence-electron chi connectivity index (χ2n) is 4.66. The molecule has 19 heavy (non-hydrogen) atoms. The lowest BCUT2D eigenvalue weighted by Crippen LogP contribution is -2.40. The van der Waals surface area contributed by atoms with Crippen molar-refractivity contribution < 1.29 is 4.79 Å². The van der Waals surface area contributed by atoms with Crippen LogP contribution < -0.4 is 11.1 Å². The Bertz CT molecular complexity index is 584. The van der Waals surface area contributed by atoms with Crippen molar-refractivity contribution in [1.82, 2.24) is 9.97 Å². The summed E-state index contributed by atoms with van der Waals surface area (Å²) in [6.45, 7) is 3.99. The van der Waals surface area contributed by atoms with Gasteiger partial charge in [-0.1, -0.05) is 20.3 Å². The Morgan fingerprint density at radius 3 is 2.68 bits per heavy atom. The van der Waals surface area contributed by atoms with Gasteiger partial charge < -0.3 is 11.1 Å². The first-order valence-electron chi connectivity index (χ1n) is 6.39. The molecule has 3 N–H and O–H groups in total. The number of benzene rings is 1. The highest BCUT2D eigenvalue weighted by Gasteiger charge is 2.19. The molecule has 1 unspecified atom stereocenters. The molecule has 2 rings (SSSR count). The molecule has 1 aromatic carbocycles. The Kier molecular flexibility index (Phi) is 4.06. The summed E-state index contributed by atoms with van der Waals surface area (Å²) in [5.41, 5.74) is 8.13. The van der Waals surface area contributed by atoms with Crippen molar-refractivity contribution in [3.05, 3.63) is 30.6 Å². The van der Waals surface area contributed by atoms with Crippen LogP contribution in [0.15, 0.2) is 30.6 Å². The predicted molar refractivity (Wildman–Crippen MR) is 75.6 cm³/mol. The zero-order valence-electron chi connectivity index (χ0n) is 11.1. The van der Waals surface area contributed by atoms with Crippen LogP contribution in [0, 0.1) is 5.92 Å². The third-order valence-corrected chi connectivity index (χ3v) is 3.30. The molecule has 0 aliphatic carbocycles. The molecule has 0 aliphatic rings. The van der Waals surface area contributed by atoms with Crippen LogP contribution in [0.2, 0.25) is 0 Å². The van der Waals surface area contributed by atoms with Crippen molar-refractivity contribution in [1.29, 1.82) is 0 Å². The highest BCUT2D eigenvalue weighted by atomic mass is 16.2. The number of amides is 1. The minimum atomic E-state index is -0.498. The molecular weight excluding hydrogens is 240 g/mol. The number of fused-ring (bicyclic) bond motifs is 1. The van der Waals surface area contributed by atoms with Crippen molar-refractivity contribution in [3.63, 3.8) is 0 Å². The van der Waals surface area contributed by atoms with Crippen molar-refractivity contribution >= 4 is 22.6 Å². The fourth-order valence-electron chi connectivity index (χ4n) is 1.78. The van der Waals surface area contributed by atoms with Gasteiger partial charge in [-0.05, 0) is 24.1 Å². The Hall–Kier alpha value is -2.01. The molecule has 2 atom stereocenters. The molecule has 0 saturated carbocycles. The Morgan fingerprint density at radius 2 is 2.00 bits per heavy atom.